The number of carbonyl (C=O) groups is 4. The molecule has 13 heteroatoms. The van der Waals surface area contributed by atoms with E-state index in [-0.39, 0.29) is 48.9 Å². The van der Waals surface area contributed by atoms with Crippen LogP contribution in [0.2, 0.25) is 0 Å². The summed E-state index contributed by atoms with van der Waals surface area (Å²) in [5.74, 6) is -1.26. The van der Waals surface area contributed by atoms with E-state index in [0.29, 0.717) is 50.0 Å². The number of aliphatic carboxylic acids is 2. The molecule has 0 amide bonds. The van der Waals surface area contributed by atoms with Gasteiger partial charge in [-0.25, -0.2) is 9.97 Å². The van der Waals surface area contributed by atoms with Crippen LogP contribution in [0.25, 0.3) is 20.4 Å². The van der Waals surface area contributed by atoms with Gasteiger partial charge in [0, 0.05) is 37.5 Å². The van der Waals surface area contributed by atoms with Crippen molar-refractivity contribution in [2.24, 2.45) is 0 Å². The standard InChI is InChI=1S/C26H24N2O9S2/c1-35-18-11-21-15(10-23(38-21)16(29)3-5-24(31)32)27-13(18)7-8-37-20-9-14-22(12-19(20)36-2)39-26(28-14)17(30)4-6-25(33)34/h9-12H,3-8H2,1-2H3,(H,31,32)(H,33,34). The van der Waals surface area contributed by atoms with E-state index in [4.69, 9.17) is 24.4 Å². The Morgan fingerprint density at radius 3 is 2.03 bits per heavy atom. The zero-order valence-electron chi connectivity index (χ0n) is 21.0. The zero-order valence-corrected chi connectivity index (χ0v) is 22.6. The fraction of sp³-hybridized carbons (Fsp3) is 0.308. The number of carboxylic acid groups (broad SMARTS) is 2. The highest BCUT2D eigenvalue weighted by Gasteiger charge is 2.18. The van der Waals surface area contributed by atoms with E-state index < -0.39 is 11.9 Å². The summed E-state index contributed by atoms with van der Waals surface area (Å²) in [6, 6.07) is 6.83. The van der Waals surface area contributed by atoms with Crippen LogP contribution in [0.5, 0.6) is 17.2 Å². The topological polar surface area (TPSA) is 162 Å². The molecule has 0 spiro atoms. The summed E-state index contributed by atoms with van der Waals surface area (Å²) < 4.78 is 18.4. The number of thiazole rings is 1. The monoisotopic (exact) mass is 572 g/mol. The first-order valence-electron chi connectivity index (χ1n) is 11.8. The molecule has 39 heavy (non-hydrogen) atoms. The van der Waals surface area contributed by atoms with Gasteiger partial charge in [0.05, 0.1) is 64.7 Å². The van der Waals surface area contributed by atoms with Crippen LogP contribution in [0, 0.1) is 0 Å². The number of Topliss-reactive ketones (excluding diaryl/α,β-unsaturated/α-hetero) is 2. The number of ether oxygens (including phenoxy) is 3. The van der Waals surface area contributed by atoms with Crippen LogP contribution in [-0.2, 0) is 16.0 Å². The number of hydrogen-bond donors (Lipinski definition) is 2. The van der Waals surface area contributed by atoms with E-state index in [1.807, 2.05) is 0 Å². The van der Waals surface area contributed by atoms with E-state index in [2.05, 4.69) is 9.97 Å². The molecule has 0 atom stereocenters. The van der Waals surface area contributed by atoms with Gasteiger partial charge in [0.15, 0.2) is 28.1 Å². The molecule has 4 rings (SSSR count). The van der Waals surface area contributed by atoms with Gasteiger partial charge in [0.2, 0.25) is 0 Å². The fourth-order valence-corrected chi connectivity index (χ4v) is 5.68. The van der Waals surface area contributed by atoms with Gasteiger partial charge in [-0.15, -0.1) is 22.7 Å². The van der Waals surface area contributed by atoms with Crippen LogP contribution in [0.3, 0.4) is 0 Å². The van der Waals surface area contributed by atoms with Gasteiger partial charge < -0.3 is 24.4 Å². The first kappa shape index (κ1) is 27.9. The molecule has 4 aromatic rings. The average Bonchev–Trinajstić information content (AvgIpc) is 3.52. The number of aromatic nitrogens is 2. The van der Waals surface area contributed by atoms with Gasteiger partial charge in [0.25, 0.3) is 0 Å². The quantitative estimate of drug-likeness (QED) is 0.202. The number of carboxylic acids is 2. The maximum atomic E-state index is 12.3. The highest BCUT2D eigenvalue weighted by molar-refractivity contribution is 7.21. The van der Waals surface area contributed by atoms with Crippen LogP contribution >= 0.6 is 22.7 Å². The number of benzene rings is 1. The zero-order chi connectivity index (χ0) is 28.1. The number of fused-ring (bicyclic) bond motifs is 2. The highest BCUT2D eigenvalue weighted by atomic mass is 32.1. The third kappa shape index (κ3) is 6.67. The Morgan fingerprint density at radius 1 is 0.744 bits per heavy atom. The normalized spacial score (nSPS) is 11.0. The first-order valence-corrected chi connectivity index (χ1v) is 13.4. The molecular formula is C26H24N2O9S2. The Bertz CT molecular complexity index is 1460. The number of methoxy groups -OCH3 is 2. The van der Waals surface area contributed by atoms with Gasteiger partial charge in [-0.1, -0.05) is 0 Å². The van der Waals surface area contributed by atoms with Crippen molar-refractivity contribution in [2.45, 2.75) is 32.1 Å². The lowest BCUT2D eigenvalue weighted by atomic mass is 10.2. The molecule has 204 valence electrons. The molecule has 0 aliphatic rings. The third-order valence-electron chi connectivity index (χ3n) is 5.68. The molecule has 0 radical (unpaired) electrons. The second-order valence-corrected chi connectivity index (χ2v) is 10.5. The van der Waals surface area contributed by atoms with Crippen LogP contribution in [0.4, 0.5) is 0 Å². The van der Waals surface area contributed by atoms with E-state index in [0.717, 1.165) is 16.0 Å². The molecule has 11 nitrogen and oxygen atoms in total. The number of rotatable bonds is 14. The highest BCUT2D eigenvalue weighted by Crippen LogP contribution is 2.36. The Morgan fingerprint density at radius 2 is 1.36 bits per heavy atom. The van der Waals surface area contributed by atoms with Crippen molar-refractivity contribution in [1.29, 1.82) is 0 Å². The second-order valence-electron chi connectivity index (χ2n) is 8.35. The maximum absolute atomic E-state index is 12.3. The molecule has 0 saturated heterocycles. The average molecular weight is 573 g/mol. The van der Waals surface area contributed by atoms with Gasteiger partial charge in [0.1, 0.15) is 5.75 Å². The third-order valence-corrected chi connectivity index (χ3v) is 7.85. The first-order chi connectivity index (χ1) is 18.7. The minimum absolute atomic E-state index is 0.0802. The summed E-state index contributed by atoms with van der Waals surface area (Å²) in [7, 11) is 3.02. The number of ketones is 2. The van der Waals surface area contributed by atoms with Crippen molar-refractivity contribution in [3.05, 3.63) is 39.8 Å². The largest absolute Gasteiger partial charge is 0.495 e. The fourth-order valence-electron chi connectivity index (χ4n) is 3.74. The van der Waals surface area contributed by atoms with E-state index in [9.17, 15) is 19.2 Å². The van der Waals surface area contributed by atoms with Crippen LogP contribution < -0.4 is 14.2 Å². The molecule has 0 saturated carbocycles. The lowest BCUT2D eigenvalue weighted by Crippen LogP contribution is -2.06. The molecule has 3 heterocycles. The summed E-state index contributed by atoms with van der Waals surface area (Å²) in [5.41, 5.74) is 1.76. The molecule has 3 aromatic heterocycles. The summed E-state index contributed by atoms with van der Waals surface area (Å²) in [4.78, 5) is 55.6. The number of thiophene rings is 1. The van der Waals surface area contributed by atoms with E-state index in [1.165, 1.54) is 25.6 Å². The van der Waals surface area contributed by atoms with Crippen molar-refractivity contribution >= 4 is 66.6 Å². The maximum Gasteiger partial charge on any atom is 0.303 e. The van der Waals surface area contributed by atoms with E-state index >= 15 is 0 Å². The number of carbonyl (C=O) groups excluding carboxylic acids is 2. The molecule has 0 aliphatic carbocycles. The van der Waals surface area contributed by atoms with Gasteiger partial charge in [-0.05, 0) is 6.07 Å². The molecular weight excluding hydrogens is 548 g/mol. The molecule has 1 aromatic carbocycles. The predicted molar refractivity (Wildman–Crippen MR) is 144 cm³/mol. The van der Waals surface area contributed by atoms with Crippen molar-refractivity contribution < 1.29 is 43.6 Å². The Kier molecular flexibility index (Phi) is 8.72. The Balaban J connectivity index is 1.49. The second kappa shape index (κ2) is 12.2. The summed E-state index contributed by atoms with van der Waals surface area (Å²) in [6.07, 6.45) is -0.330. The van der Waals surface area contributed by atoms with Crippen molar-refractivity contribution in [3.8, 4) is 17.2 Å². The summed E-state index contributed by atoms with van der Waals surface area (Å²) in [5, 5.41) is 17.9. The minimum atomic E-state index is -1.05. The van der Waals surface area contributed by atoms with Crippen LogP contribution in [0.1, 0.15) is 50.9 Å². The van der Waals surface area contributed by atoms with Crippen molar-refractivity contribution in [3.63, 3.8) is 0 Å². The molecule has 0 fully saturated rings. The van der Waals surface area contributed by atoms with Crippen LogP contribution in [-0.4, -0.2) is 64.5 Å². The molecule has 0 bridgehead atoms. The molecule has 0 aliphatic heterocycles. The molecule has 2 N–H and O–H groups in total. The van der Waals surface area contributed by atoms with Gasteiger partial charge in [-0.2, -0.15) is 0 Å². The smallest absolute Gasteiger partial charge is 0.303 e. The van der Waals surface area contributed by atoms with Crippen molar-refractivity contribution in [2.75, 3.05) is 20.8 Å². The number of hydrogen-bond acceptors (Lipinski definition) is 11. The van der Waals surface area contributed by atoms with Crippen molar-refractivity contribution in [1.82, 2.24) is 9.97 Å². The predicted octanol–water partition coefficient (Wildman–Crippen LogP) is 4.64. The number of nitrogens with zero attached hydrogens (tertiary/aromatic N) is 2. The summed E-state index contributed by atoms with van der Waals surface area (Å²) >= 11 is 2.40. The van der Waals surface area contributed by atoms with E-state index in [1.54, 1.807) is 24.3 Å². The Hall–Kier alpha value is -4.10. The minimum Gasteiger partial charge on any atom is -0.495 e. The summed E-state index contributed by atoms with van der Waals surface area (Å²) in [6.45, 7) is 0.208. The Labute approximate surface area is 230 Å². The van der Waals surface area contributed by atoms with Gasteiger partial charge in [-0.3, -0.25) is 19.2 Å². The number of pyridine rings is 1. The lowest BCUT2D eigenvalue weighted by Gasteiger charge is -2.12. The van der Waals surface area contributed by atoms with Crippen LogP contribution in [0.15, 0.2) is 24.3 Å². The lowest BCUT2D eigenvalue weighted by molar-refractivity contribution is -0.137. The molecule has 0 unspecified atom stereocenters. The SMILES string of the molecule is COc1cc2sc(C(=O)CCC(=O)O)nc2cc1OCCc1nc2cc(C(=O)CCC(=O)O)sc2cc1OC. The van der Waals surface area contributed by atoms with Gasteiger partial charge >= 0.3 is 11.9 Å².